The molecule has 3 aromatic rings. The van der Waals surface area contributed by atoms with Gasteiger partial charge < -0.3 is 0 Å². The molecule has 0 atom stereocenters. The molecule has 0 radical (unpaired) electrons. The van der Waals surface area contributed by atoms with Crippen molar-refractivity contribution in [1.29, 1.82) is 0 Å². The summed E-state index contributed by atoms with van der Waals surface area (Å²) in [6.45, 7) is 0. The van der Waals surface area contributed by atoms with Crippen LogP contribution in [-0.4, -0.2) is 0 Å². The monoisotopic (exact) mass is 500 g/mol. The SMILES string of the molecule is Ic1csc(-c2sccc2-c2cccs2)c1I. The Morgan fingerprint density at radius 1 is 0.882 bits per heavy atom. The van der Waals surface area contributed by atoms with Gasteiger partial charge >= 0.3 is 0 Å². The first kappa shape index (κ1) is 12.6. The lowest BCUT2D eigenvalue weighted by Gasteiger charge is -2.00. The van der Waals surface area contributed by atoms with Crippen LogP contribution in [-0.2, 0) is 0 Å². The molecule has 3 heterocycles. The molecule has 0 unspecified atom stereocenters. The predicted molar refractivity (Wildman–Crippen MR) is 96.4 cm³/mol. The van der Waals surface area contributed by atoms with Crippen molar-refractivity contribution < 1.29 is 0 Å². The van der Waals surface area contributed by atoms with Gasteiger partial charge in [-0.3, -0.25) is 0 Å². The Bertz CT molecular complexity index is 635. The van der Waals surface area contributed by atoms with E-state index >= 15 is 0 Å². The second-order valence-corrected chi connectivity index (χ2v) is 8.35. The standard InChI is InChI=1S/C12H6I2S3/c13-8-6-17-12(10(8)14)11-7(3-5-16-11)9-2-1-4-15-9/h1-6H. The van der Waals surface area contributed by atoms with Gasteiger partial charge in [-0.1, -0.05) is 6.07 Å². The van der Waals surface area contributed by atoms with Crippen LogP contribution in [0.3, 0.4) is 0 Å². The second-order valence-electron chi connectivity index (χ2n) is 3.37. The van der Waals surface area contributed by atoms with Gasteiger partial charge in [0.15, 0.2) is 0 Å². The topological polar surface area (TPSA) is 0 Å². The number of halogens is 2. The zero-order chi connectivity index (χ0) is 11.8. The molecule has 0 spiro atoms. The number of rotatable bonds is 2. The maximum absolute atomic E-state index is 2.45. The normalized spacial score (nSPS) is 10.9. The van der Waals surface area contributed by atoms with E-state index < -0.39 is 0 Å². The van der Waals surface area contributed by atoms with E-state index in [0.29, 0.717) is 0 Å². The zero-order valence-corrected chi connectivity index (χ0v) is 15.2. The average molecular weight is 500 g/mol. The number of hydrogen-bond donors (Lipinski definition) is 0. The van der Waals surface area contributed by atoms with Crippen LogP contribution in [0, 0.1) is 7.14 Å². The molecule has 5 heteroatoms. The van der Waals surface area contributed by atoms with Crippen molar-refractivity contribution in [2.24, 2.45) is 0 Å². The lowest BCUT2D eigenvalue weighted by molar-refractivity contribution is 1.76. The first-order valence-electron chi connectivity index (χ1n) is 4.81. The molecular weight excluding hydrogens is 494 g/mol. The summed E-state index contributed by atoms with van der Waals surface area (Å²) in [6.07, 6.45) is 0. The summed E-state index contributed by atoms with van der Waals surface area (Å²) >= 11 is 10.3. The van der Waals surface area contributed by atoms with E-state index in [1.165, 1.54) is 27.3 Å². The molecule has 0 amide bonds. The van der Waals surface area contributed by atoms with Crippen molar-refractivity contribution in [1.82, 2.24) is 0 Å². The quantitative estimate of drug-likeness (QED) is 0.357. The molecule has 3 aromatic heterocycles. The molecule has 17 heavy (non-hydrogen) atoms. The summed E-state index contributed by atoms with van der Waals surface area (Å²) < 4.78 is 2.74. The van der Waals surface area contributed by atoms with Gasteiger partial charge in [0.1, 0.15) is 0 Å². The van der Waals surface area contributed by atoms with Gasteiger partial charge in [-0.25, -0.2) is 0 Å². The highest BCUT2D eigenvalue weighted by Gasteiger charge is 2.15. The molecule has 0 bridgehead atoms. The molecular formula is C12H6I2S3. The van der Waals surface area contributed by atoms with Gasteiger partial charge in [0, 0.05) is 23.0 Å². The van der Waals surface area contributed by atoms with Gasteiger partial charge in [0.2, 0.25) is 0 Å². The van der Waals surface area contributed by atoms with Crippen molar-refractivity contribution in [3.05, 3.63) is 41.5 Å². The van der Waals surface area contributed by atoms with Crippen LogP contribution in [0.15, 0.2) is 34.3 Å². The summed E-state index contributed by atoms with van der Waals surface area (Å²) in [4.78, 5) is 4.18. The van der Waals surface area contributed by atoms with E-state index in [4.69, 9.17) is 0 Å². The number of hydrogen-bond acceptors (Lipinski definition) is 3. The van der Waals surface area contributed by atoms with E-state index in [9.17, 15) is 0 Å². The van der Waals surface area contributed by atoms with Crippen LogP contribution in [0.25, 0.3) is 20.2 Å². The molecule has 3 rings (SSSR count). The first-order valence-corrected chi connectivity index (χ1v) is 9.61. The fourth-order valence-electron chi connectivity index (χ4n) is 1.59. The minimum atomic E-state index is 1.36. The molecule has 0 aromatic carbocycles. The van der Waals surface area contributed by atoms with Gasteiger partial charge in [0.25, 0.3) is 0 Å². The molecule has 0 aliphatic carbocycles. The van der Waals surface area contributed by atoms with Crippen molar-refractivity contribution in [3.63, 3.8) is 0 Å². The van der Waals surface area contributed by atoms with E-state index in [1.54, 1.807) is 0 Å². The minimum Gasteiger partial charge on any atom is -0.144 e. The molecule has 0 aliphatic rings. The molecule has 0 fully saturated rings. The van der Waals surface area contributed by atoms with Crippen LogP contribution < -0.4 is 0 Å². The Balaban J connectivity index is 2.17. The fourth-order valence-corrected chi connectivity index (χ4v) is 6.36. The van der Waals surface area contributed by atoms with Crippen LogP contribution in [0.4, 0.5) is 0 Å². The second kappa shape index (κ2) is 5.28. The van der Waals surface area contributed by atoms with Crippen LogP contribution in [0.1, 0.15) is 0 Å². The summed E-state index contributed by atoms with van der Waals surface area (Å²) in [6, 6.07) is 6.54. The largest absolute Gasteiger partial charge is 0.144 e. The van der Waals surface area contributed by atoms with Crippen molar-refractivity contribution in [3.8, 4) is 20.2 Å². The summed E-state index contributed by atoms with van der Waals surface area (Å²) in [5, 5.41) is 6.56. The van der Waals surface area contributed by atoms with Crippen LogP contribution in [0.5, 0.6) is 0 Å². The van der Waals surface area contributed by atoms with E-state index in [-0.39, 0.29) is 0 Å². The first-order chi connectivity index (χ1) is 8.27. The Hall–Kier alpha value is 0.560. The summed E-state index contributed by atoms with van der Waals surface area (Å²) in [5.74, 6) is 0. The van der Waals surface area contributed by atoms with Crippen molar-refractivity contribution in [2.45, 2.75) is 0 Å². The molecule has 0 aliphatic heterocycles. The Morgan fingerprint density at radius 3 is 2.41 bits per heavy atom. The lowest BCUT2D eigenvalue weighted by Crippen LogP contribution is -1.76. The van der Waals surface area contributed by atoms with Gasteiger partial charge in [-0.15, -0.1) is 34.0 Å². The zero-order valence-electron chi connectivity index (χ0n) is 8.44. The molecule has 0 N–H and O–H groups in total. The van der Waals surface area contributed by atoms with Crippen LogP contribution >= 0.6 is 79.2 Å². The maximum atomic E-state index is 2.45. The van der Waals surface area contributed by atoms with E-state index in [1.807, 2.05) is 34.0 Å². The summed E-state index contributed by atoms with van der Waals surface area (Å²) in [7, 11) is 0. The highest BCUT2D eigenvalue weighted by molar-refractivity contribution is 14.1. The molecule has 0 nitrogen and oxygen atoms in total. The third-order valence-corrected chi connectivity index (χ3v) is 9.10. The molecule has 0 saturated heterocycles. The van der Waals surface area contributed by atoms with Crippen molar-refractivity contribution >= 4 is 79.2 Å². The number of thiophene rings is 3. The van der Waals surface area contributed by atoms with Gasteiger partial charge in [-0.2, -0.15) is 0 Å². The fraction of sp³-hybridized carbons (Fsp3) is 0. The minimum absolute atomic E-state index is 1.36. The predicted octanol–water partition coefficient (Wildman–Crippen LogP) is 6.41. The Morgan fingerprint density at radius 2 is 1.76 bits per heavy atom. The van der Waals surface area contributed by atoms with Crippen LogP contribution in [0.2, 0.25) is 0 Å². The third kappa shape index (κ3) is 2.36. The average Bonchev–Trinajstić information content (AvgIpc) is 3.01. The Kier molecular flexibility index (Phi) is 3.91. The Labute approximate surface area is 139 Å². The lowest BCUT2D eigenvalue weighted by atomic mass is 10.2. The van der Waals surface area contributed by atoms with E-state index in [0.717, 1.165) is 0 Å². The van der Waals surface area contributed by atoms with Gasteiger partial charge in [0.05, 0.1) is 9.75 Å². The smallest absolute Gasteiger partial charge is 0.0593 e. The molecule has 0 saturated carbocycles. The summed E-state index contributed by atoms with van der Waals surface area (Å²) in [5.41, 5.74) is 1.38. The maximum Gasteiger partial charge on any atom is 0.0593 e. The highest BCUT2D eigenvalue weighted by atomic mass is 127. The van der Waals surface area contributed by atoms with E-state index in [2.05, 4.69) is 79.5 Å². The highest BCUT2D eigenvalue weighted by Crippen LogP contribution is 2.44. The third-order valence-electron chi connectivity index (χ3n) is 2.35. The van der Waals surface area contributed by atoms with Gasteiger partial charge in [-0.05, 0) is 68.1 Å². The molecule has 86 valence electrons. The van der Waals surface area contributed by atoms with Crippen molar-refractivity contribution in [2.75, 3.05) is 0 Å².